The van der Waals surface area contributed by atoms with E-state index in [9.17, 15) is 4.79 Å². The number of esters is 1. The topological polar surface area (TPSA) is 38.3 Å². The van der Waals surface area contributed by atoms with E-state index in [-0.39, 0.29) is 12.0 Å². The smallest absolute Gasteiger partial charge is 0.323 e. The van der Waals surface area contributed by atoms with Crippen LogP contribution in [0.4, 0.5) is 0 Å². The molecule has 0 aromatic carbocycles. The summed E-state index contributed by atoms with van der Waals surface area (Å²) in [6.45, 7) is 8.64. The number of methoxy groups -OCH3 is 1. The Morgan fingerprint density at radius 3 is 2.38 bits per heavy atom. The third-order valence-electron chi connectivity index (χ3n) is 4.18. The number of carbonyl (C=O) groups is 1. The van der Waals surface area contributed by atoms with Gasteiger partial charge in [-0.25, -0.2) is 0 Å². The van der Waals surface area contributed by atoms with Gasteiger partial charge in [0, 0.05) is 6.04 Å². The van der Waals surface area contributed by atoms with Gasteiger partial charge in [-0.3, -0.25) is 4.79 Å². The molecule has 0 aliphatic heterocycles. The second-order valence-corrected chi connectivity index (χ2v) is 5.43. The molecule has 1 aliphatic rings. The Morgan fingerprint density at radius 2 is 2.00 bits per heavy atom. The number of rotatable bonds is 6. The average Bonchev–Trinajstić information content (AvgIpc) is 3.03. The lowest BCUT2D eigenvalue weighted by Gasteiger charge is -2.29. The number of hydrogen-bond acceptors (Lipinski definition) is 3. The van der Waals surface area contributed by atoms with Gasteiger partial charge in [-0.05, 0) is 31.1 Å². The van der Waals surface area contributed by atoms with Crippen molar-refractivity contribution in [2.45, 2.75) is 59.0 Å². The van der Waals surface area contributed by atoms with Crippen molar-refractivity contribution in [1.29, 1.82) is 0 Å². The molecule has 0 aromatic heterocycles. The van der Waals surface area contributed by atoms with E-state index in [4.69, 9.17) is 4.74 Å². The van der Waals surface area contributed by atoms with E-state index in [1.165, 1.54) is 20.0 Å². The van der Waals surface area contributed by atoms with Crippen LogP contribution in [-0.2, 0) is 9.53 Å². The van der Waals surface area contributed by atoms with Crippen LogP contribution in [0.2, 0.25) is 0 Å². The monoisotopic (exact) mass is 227 g/mol. The first-order valence-electron chi connectivity index (χ1n) is 6.28. The molecule has 0 radical (unpaired) electrons. The standard InChI is InChI=1S/C13H25NO2/c1-6-9(2)11(12(15)16-5)14-10(3)13(4)7-8-13/h9-11,14H,6-8H2,1-5H3. The predicted molar refractivity (Wildman–Crippen MR) is 65.2 cm³/mol. The number of hydrogen-bond donors (Lipinski definition) is 1. The summed E-state index contributed by atoms with van der Waals surface area (Å²) in [6.07, 6.45) is 3.50. The zero-order valence-corrected chi connectivity index (χ0v) is 11.2. The summed E-state index contributed by atoms with van der Waals surface area (Å²) < 4.78 is 4.87. The quantitative estimate of drug-likeness (QED) is 0.708. The van der Waals surface area contributed by atoms with Crippen LogP contribution in [0.5, 0.6) is 0 Å². The van der Waals surface area contributed by atoms with Crippen LogP contribution in [0.15, 0.2) is 0 Å². The first-order valence-corrected chi connectivity index (χ1v) is 6.28. The third kappa shape index (κ3) is 2.97. The normalized spacial score (nSPS) is 23.3. The molecule has 0 heterocycles. The highest BCUT2D eigenvalue weighted by Crippen LogP contribution is 2.48. The largest absolute Gasteiger partial charge is 0.468 e. The van der Waals surface area contributed by atoms with Crippen LogP contribution in [0.25, 0.3) is 0 Å². The molecule has 0 spiro atoms. The number of carbonyl (C=O) groups excluding carboxylic acids is 1. The van der Waals surface area contributed by atoms with Gasteiger partial charge in [0.05, 0.1) is 7.11 Å². The fourth-order valence-electron chi connectivity index (χ4n) is 1.93. The molecule has 3 unspecified atom stereocenters. The van der Waals surface area contributed by atoms with Gasteiger partial charge < -0.3 is 10.1 Å². The molecule has 3 heteroatoms. The Balaban J connectivity index is 2.59. The molecule has 1 rings (SSSR count). The fraction of sp³-hybridized carbons (Fsp3) is 0.923. The van der Waals surface area contributed by atoms with E-state index >= 15 is 0 Å². The Bertz CT molecular complexity index is 248. The molecular weight excluding hydrogens is 202 g/mol. The van der Waals surface area contributed by atoms with E-state index in [2.05, 4.69) is 33.0 Å². The maximum absolute atomic E-state index is 11.7. The first kappa shape index (κ1) is 13.5. The Kier molecular flexibility index (Phi) is 4.36. The van der Waals surface area contributed by atoms with Crippen LogP contribution >= 0.6 is 0 Å². The zero-order chi connectivity index (χ0) is 12.3. The average molecular weight is 227 g/mol. The van der Waals surface area contributed by atoms with Crippen LogP contribution in [0.1, 0.15) is 47.0 Å². The lowest BCUT2D eigenvalue weighted by Crippen LogP contribution is -2.49. The van der Waals surface area contributed by atoms with E-state index in [1.54, 1.807) is 0 Å². The zero-order valence-electron chi connectivity index (χ0n) is 11.2. The van der Waals surface area contributed by atoms with Crippen molar-refractivity contribution in [3.8, 4) is 0 Å². The molecule has 16 heavy (non-hydrogen) atoms. The Morgan fingerprint density at radius 1 is 1.44 bits per heavy atom. The molecule has 0 bridgehead atoms. The molecule has 0 saturated heterocycles. The summed E-state index contributed by atoms with van der Waals surface area (Å²) in [7, 11) is 1.46. The summed E-state index contributed by atoms with van der Waals surface area (Å²) in [5.41, 5.74) is 0.389. The van der Waals surface area contributed by atoms with E-state index < -0.39 is 0 Å². The second-order valence-electron chi connectivity index (χ2n) is 5.43. The Labute approximate surface area is 98.9 Å². The SMILES string of the molecule is CCC(C)C(NC(C)C1(C)CC1)C(=O)OC. The summed E-state index contributed by atoms with van der Waals surface area (Å²) in [5, 5.41) is 3.45. The highest BCUT2D eigenvalue weighted by atomic mass is 16.5. The van der Waals surface area contributed by atoms with Crippen molar-refractivity contribution < 1.29 is 9.53 Å². The maximum Gasteiger partial charge on any atom is 0.323 e. The minimum atomic E-state index is -0.164. The maximum atomic E-state index is 11.7. The number of ether oxygens (including phenoxy) is 1. The second kappa shape index (κ2) is 5.17. The van der Waals surface area contributed by atoms with Gasteiger partial charge in [0.15, 0.2) is 0 Å². The lowest BCUT2D eigenvalue weighted by atomic mass is 9.94. The molecule has 1 aliphatic carbocycles. The molecule has 1 fully saturated rings. The summed E-state index contributed by atoms with van der Waals surface area (Å²) >= 11 is 0. The molecule has 3 atom stereocenters. The molecule has 3 nitrogen and oxygen atoms in total. The van der Waals surface area contributed by atoms with Gasteiger partial charge >= 0.3 is 5.97 Å². The van der Waals surface area contributed by atoms with Crippen LogP contribution < -0.4 is 5.32 Å². The molecular formula is C13H25NO2. The van der Waals surface area contributed by atoms with Gasteiger partial charge in [-0.15, -0.1) is 0 Å². The van der Waals surface area contributed by atoms with Gasteiger partial charge in [0.1, 0.15) is 6.04 Å². The van der Waals surface area contributed by atoms with Gasteiger partial charge in [0.25, 0.3) is 0 Å². The first-order chi connectivity index (χ1) is 7.44. The highest BCUT2D eigenvalue weighted by Gasteiger charge is 2.44. The molecule has 1 saturated carbocycles. The predicted octanol–water partition coefficient (Wildman–Crippen LogP) is 2.35. The van der Waals surface area contributed by atoms with Crippen molar-refractivity contribution in [3.63, 3.8) is 0 Å². The van der Waals surface area contributed by atoms with E-state index in [0.717, 1.165) is 6.42 Å². The van der Waals surface area contributed by atoms with Crippen molar-refractivity contribution in [2.24, 2.45) is 11.3 Å². The van der Waals surface area contributed by atoms with E-state index in [0.29, 0.717) is 17.4 Å². The van der Waals surface area contributed by atoms with Crippen molar-refractivity contribution in [2.75, 3.05) is 7.11 Å². The summed E-state index contributed by atoms with van der Waals surface area (Å²) in [5.74, 6) is 0.183. The molecule has 0 amide bonds. The fourth-order valence-corrected chi connectivity index (χ4v) is 1.93. The Hall–Kier alpha value is -0.570. The highest BCUT2D eigenvalue weighted by molar-refractivity contribution is 5.76. The van der Waals surface area contributed by atoms with Crippen LogP contribution in [0, 0.1) is 11.3 Å². The van der Waals surface area contributed by atoms with Crippen molar-refractivity contribution >= 4 is 5.97 Å². The summed E-state index contributed by atoms with van der Waals surface area (Å²) in [6, 6.07) is 0.216. The van der Waals surface area contributed by atoms with Crippen LogP contribution in [-0.4, -0.2) is 25.2 Å². The minimum Gasteiger partial charge on any atom is -0.468 e. The van der Waals surface area contributed by atoms with Gasteiger partial charge in [-0.1, -0.05) is 27.2 Å². The van der Waals surface area contributed by atoms with Crippen molar-refractivity contribution in [1.82, 2.24) is 5.32 Å². The lowest BCUT2D eigenvalue weighted by molar-refractivity contribution is -0.144. The van der Waals surface area contributed by atoms with Gasteiger partial charge in [-0.2, -0.15) is 0 Å². The molecule has 0 aromatic rings. The third-order valence-corrected chi connectivity index (χ3v) is 4.18. The summed E-state index contributed by atoms with van der Waals surface area (Å²) in [4.78, 5) is 11.7. The van der Waals surface area contributed by atoms with E-state index in [1.807, 2.05) is 0 Å². The molecule has 94 valence electrons. The van der Waals surface area contributed by atoms with Gasteiger partial charge in [0.2, 0.25) is 0 Å². The number of nitrogens with one attached hydrogen (secondary N) is 1. The molecule has 1 N–H and O–H groups in total. The minimum absolute atomic E-state index is 0.134. The van der Waals surface area contributed by atoms with Crippen LogP contribution in [0.3, 0.4) is 0 Å². The van der Waals surface area contributed by atoms with Crippen molar-refractivity contribution in [3.05, 3.63) is 0 Å².